The highest BCUT2D eigenvalue weighted by molar-refractivity contribution is 7.99. The van der Waals surface area contributed by atoms with Gasteiger partial charge in [-0.1, -0.05) is 32.9 Å². The third-order valence-electron chi connectivity index (χ3n) is 2.64. The fourth-order valence-corrected chi connectivity index (χ4v) is 2.36. The lowest BCUT2D eigenvalue weighted by Gasteiger charge is -2.04. The number of aromatic nitrogens is 1. The predicted molar refractivity (Wildman–Crippen MR) is 87.4 cm³/mol. The van der Waals surface area contributed by atoms with Crippen molar-refractivity contribution in [2.75, 3.05) is 5.75 Å². The summed E-state index contributed by atoms with van der Waals surface area (Å²) in [6.45, 7) is 7.70. The van der Waals surface area contributed by atoms with Gasteiger partial charge in [-0.25, -0.2) is 0 Å². The zero-order chi connectivity index (χ0) is 15.0. The Balaban J connectivity index is 0.000000956. The van der Waals surface area contributed by atoms with Crippen molar-refractivity contribution >= 4 is 17.5 Å². The van der Waals surface area contributed by atoms with E-state index in [1.165, 1.54) is 4.90 Å². The zero-order valence-electron chi connectivity index (χ0n) is 12.5. The molecule has 2 nitrogen and oxygen atoms in total. The second-order valence-electron chi connectivity index (χ2n) is 3.98. The van der Waals surface area contributed by atoms with Crippen LogP contribution in [-0.2, 0) is 0 Å². The van der Waals surface area contributed by atoms with Crippen LogP contribution in [0.15, 0.2) is 47.6 Å². The van der Waals surface area contributed by atoms with E-state index < -0.39 is 0 Å². The standard InChI is InChI=1S/C15H15NOS.C2H6/c1-3-18-15-6-4-12(5-7-15)14-8-13(11(2)17)9-16-10-14;1-2/h4-10H,3H2,1-2H3;1-2H3. The summed E-state index contributed by atoms with van der Waals surface area (Å²) in [6.07, 6.45) is 3.39. The van der Waals surface area contributed by atoms with Crippen LogP contribution >= 0.6 is 11.8 Å². The van der Waals surface area contributed by atoms with Gasteiger partial charge in [-0.3, -0.25) is 9.78 Å². The van der Waals surface area contributed by atoms with Crippen LogP contribution in [0.1, 0.15) is 38.1 Å². The minimum Gasteiger partial charge on any atom is -0.294 e. The lowest BCUT2D eigenvalue weighted by atomic mass is 10.1. The first-order chi connectivity index (χ1) is 9.70. The molecule has 2 rings (SSSR count). The average Bonchev–Trinajstić information content (AvgIpc) is 2.50. The summed E-state index contributed by atoms with van der Waals surface area (Å²) >= 11 is 1.82. The van der Waals surface area contributed by atoms with Crippen molar-refractivity contribution in [2.45, 2.75) is 32.6 Å². The van der Waals surface area contributed by atoms with Crippen molar-refractivity contribution in [3.05, 3.63) is 48.3 Å². The molecule has 106 valence electrons. The molecule has 2 aromatic rings. The highest BCUT2D eigenvalue weighted by Gasteiger charge is 2.03. The van der Waals surface area contributed by atoms with Gasteiger partial charge in [0.25, 0.3) is 0 Å². The van der Waals surface area contributed by atoms with E-state index >= 15 is 0 Å². The van der Waals surface area contributed by atoms with Crippen LogP contribution in [0, 0.1) is 0 Å². The third-order valence-corrected chi connectivity index (χ3v) is 3.54. The monoisotopic (exact) mass is 287 g/mol. The molecule has 1 aromatic heterocycles. The van der Waals surface area contributed by atoms with Crippen molar-refractivity contribution in [3.8, 4) is 11.1 Å². The fraction of sp³-hybridized carbons (Fsp3) is 0.294. The summed E-state index contributed by atoms with van der Waals surface area (Å²) in [4.78, 5) is 16.7. The summed E-state index contributed by atoms with van der Waals surface area (Å²) in [7, 11) is 0. The molecule has 0 unspecified atom stereocenters. The first kappa shape index (κ1) is 16.4. The molecule has 0 fully saturated rings. The number of thioether (sulfide) groups is 1. The highest BCUT2D eigenvalue weighted by Crippen LogP contribution is 2.24. The molecule has 1 heterocycles. The minimum atomic E-state index is 0.0440. The number of hydrogen-bond donors (Lipinski definition) is 0. The molecule has 0 aliphatic rings. The molecular weight excluding hydrogens is 266 g/mol. The Morgan fingerprint density at radius 2 is 1.75 bits per heavy atom. The first-order valence-corrected chi connectivity index (χ1v) is 7.88. The molecule has 1 aromatic carbocycles. The number of ketones is 1. The third kappa shape index (κ3) is 4.49. The molecule has 20 heavy (non-hydrogen) atoms. The number of Topliss-reactive ketones (excluding diaryl/α,β-unsaturated/α-hetero) is 1. The second kappa shape index (κ2) is 8.54. The summed E-state index contributed by atoms with van der Waals surface area (Å²) in [5, 5.41) is 0. The maximum Gasteiger partial charge on any atom is 0.161 e. The molecule has 0 atom stereocenters. The van der Waals surface area contributed by atoms with Gasteiger partial charge < -0.3 is 0 Å². The van der Waals surface area contributed by atoms with Gasteiger partial charge >= 0.3 is 0 Å². The summed E-state index contributed by atoms with van der Waals surface area (Å²) in [5.74, 6) is 1.11. The quantitative estimate of drug-likeness (QED) is 0.579. The summed E-state index contributed by atoms with van der Waals surface area (Å²) < 4.78 is 0. The van der Waals surface area contributed by atoms with E-state index in [1.807, 2.05) is 31.7 Å². The van der Waals surface area contributed by atoms with Gasteiger partial charge in [0.1, 0.15) is 0 Å². The Morgan fingerprint density at radius 3 is 2.30 bits per heavy atom. The second-order valence-corrected chi connectivity index (χ2v) is 5.31. The van der Waals surface area contributed by atoms with Crippen LogP contribution < -0.4 is 0 Å². The number of benzene rings is 1. The number of nitrogens with zero attached hydrogens (tertiary/aromatic N) is 1. The Bertz CT molecular complexity index is 549. The maximum absolute atomic E-state index is 11.3. The number of hydrogen-bond acceptors (Lipinski definition) is 3. The average molecular weight is 287 g/mol. The van der Waals surface area contributed by atoms with Crippen molar-refractivity contribution in [2.24, 2.45) is 0 Å². The van der Waals surface area contributed by atoms with Gasteiger partial charge in [0, 0.05) is 28.4 Å². The number of carbonyl (C=O) groups is 1. The van der Waals surface area contributed by atoms with Gasteiger partial charge in [-0.15, -0.1) is 11.8 Å². The Morgan fingerprint density at radius 1 is 1.10 bits per heavy atom. The van der Waals surface area contributed by atoms with Gasteiger partial charge in [-0.05, 0) is 36.4 Å². The first-order valence-electron chi connectivity index (χ1n) is 6.90. The lowest BCUT2D eigenvalue weighted by Crippen LogP contribution is -1.93. The topological polar surface area (TPSA) is 30.0 Å². The van der Waals surface area contributed by atoms with Crippen molar-refractivity contribution < 1.29 is 4.79 Å². The van der Waals surface area contributed by atoms with E-state index in [0.717, 1.165) is 16.9 Å². The summed E-state index contributed by atoms with van der Waals surface area (Å²) in [6, 6.07) is 10.2. The Kier molecular flexibility index (Phi) is 7.02. The van der Waals surface area contributed by atoms with E-state index in [4.69, 9.17) is 0 Å². The summed E-state index contributed by atoms with van der Waals surface area (Å²) in [5.41, 5.74) is 2.72. The predicted octanol–water partition coefficient (Wildman–Crippen LogP) is 5.09. The molecule has 0 aliphatic carbocycles. The molecule has 0 radical (unpaired) electrons. The zero-order valence-corrected chi connectivity index (χ0v) is 13.3. The normalized spacial score (nSPS) is 9.60. The Hall–Kier alpha value is -1.61. The van der Waals surface area contributed by atoms with Gasteiger partial charge in [0.15, 0.2) is 5.78 Å². The van der Waals surface area contributed by atoms with E-state index in [9.17, 15) is 4.79 Å². The van der Waals surface area contributed by atoms with Crippen LogP contribution in [0.4, 0.5) is 0 Å². The minimum absolute atomic E-state index is 0.0440. The van der Waals surface area contributed by atoms with Crippen molar-refractivity contribution in [1.29, 1.82) is 0 Å². The van der Waals surface area contributed by atoms with Crippen molar-refractivity contribution in [1.82, 2.24) is 4.98 Å². The Labute approximate surface area is 125 Å². The van der Waals surface area contributed by atoms with E-state index in [0.29, 0.717) is 5.56 Å². The fourth-order valence-electron chi connectivity index (χ4n) is 1.70. The molecule has 0 N–H and O–H groups in total. The maximum atomic E-state index is 11.3. The van der Waals surface area contributed by atoms with Crippen LogP contribution in [0.25, 0.3) is 11.1 Å². The number of rotatable bonds is 4. The molecule has 0 saturated heterocycles. The van der Waals surface area contributed by atoms with Crippen LogP contribution in [0.2, 0.25) is 0 Å². The highest BCUT2D eigenvalue weighted by atomic mass is 32.2. The molecular formula is C17H21NOS. The van der Waals surface area contributed by atoms with Crippen LogP contribution in [0.3, 0.4) is 0 Å². The smallest absolute Gasteiger partial charge is 0.161 e. The number of pyridine rings is 1. The van der Waals surface area contributed by atoms with Gasteiger partial charge in [0.05, 0.1) is 0 Å². The van der Waals surface area contributed by atoms with Crippen molar-refractivity contribution in [3.63, 3.8) is 0 Å². The van der Waals surface area contributed by atoms with Crippen LogP contribution in [0.5, 0.6) is 0 Å². The molecule has 0 saturated carbocycles. The largest absolute Gasteiger partial charge is 0.294 e. The lowest BCUT2D eigenvalue weighted by molar-refractivity contribution is 0.101. The molecule has 0 bridgehead atoms. The molecule has 0 spiro atoms. The van der Waals surface area contributed by atoms with E-state index in [1.54, 1.807) is 19.3 Å². The molecule has 3 heteroatoms. The number of carbonyl (C=O) groups excluding carboxylic acids is 1. The SMILES string of the molecule is CC.CCSc1ccc(-c2cncc(C(C)=O)c2)cc1. The van der Waals surface area contributed by atoms with Gasteiger partial charge in [-0.2, -0.15) is 0 Å². The van der Waals surface area contributed by atoms with E-state index in [-0.39, 0.29) is 5.78 Å². The van der Waals surface area contributed by atoms with Gasteiger partial charge in [0.2, 0.25) is 0 Å². The molecule has 0 amide bonds. The van der Waals surface area contributed by atoms with E-state index in [2.05, 4.69) is 36.2 Å². The molecule has 0 aliphatic heterocycles. The van der Waals surface area contributed by atoms with Crippen LogP contribution in [-0.4, -0.2) is 16.5 Å².